The summed E-state index contributed by atoms with van der Waals surface area (Å²) in [6, 6.07) is 0.136. The Morgan fingerprint density at radius 2 is 2.38 bits per heavy atom. The predicted molar refractivity (Wildman–Crippen MR) is 56.8 cm³/mol. The Morgan fingerprint density at radius 1 is 1.77 bits per heavy atom. The van der Waals surface area contributed by atoms with E-state index in [-0.39, 0.29) is 23.8 Å². The van der Waals surface area contributed by atoms with Gasteiger partial charge in [-0.2, -0.15) is 0 Å². The van der Waals surface area contributed by atoms with Crippen molar-refractivity contribution in [3.63, 3.8) is 0 Å². The van der Waals surface area contributed by atoms with E-state index in [1.807, 2.05) is 6.92 Å². The highest BCUT2D eigenvalue weighted by Gasteiger charge is 2.07. The van der Waals surface area contributed by atoms with Crippen molar-refractivity contribution in [1.29, 1.82) is 0 Å². The zero-order valence-electron chi connectivity index (χ0n) is 8.12. The van der Waals surface area contributed by atoms with E-state index in [0.717, 1.165) is 5.75 Å². The van der Waals surface area contributed by atoms with Crippen LogP contribution in [-0.4, -0.2) is 34.7 Å². The van der Waals surface area contributed by atoms with Crippen LogP contribution in [0.1, 0.15) is 13.8 Å². The standard InChI is InChI=1S/C9H17NO2S/c1-4-9(5-11)13-6-7(2)10-8(3)12/h4,7,9,11H,1,5-6H2,2-3H3,(H,10,12)/t7-,9-/m1/s1. The van der Waals surface area contributed by atoms with Gasteiger partial charge in [-0.05, 0) is 6.92 Å². The first kappa shape index (κ1) is 12.5. The number of thioether (sulfide) groups is 1. The van der Waals surface area contributed by atoms with Crippen LogP contribution < -0.4 is 5.32 Å². The van der Waals surface area contributed by atoms with E-state index in [2.05, 4.69) is 11.9 Å². The van der Waals surface area contributed by atoms with Gasteiger partial charge in [0.1, 0.15) is 0 Å². The van der Waals surface area contributed by atoms with E-state index >= 15 is 0 Å². The molecule has 2 atom stereocenters. The molecule has 0 saturated heterocycles. The highest BCUT2D eigenvalue weighted by molar-refractivity contribution is 8.00. The molecule has 0 aliphatic carbocycles. The van der Waals surface area contributed by atoms with Crippen LogP contribution in [0.25, 0.3) is 0 Å². The van der Waals surface area contributed by atoms with Crippen LogP contribution in [0.15, 0.2) is 12.7 Å². The average molecular weight is 203 g/mol. The minimum absolute atomic E-state index is 0.0211. The quantitative estimate of drug-likeness (QED) is 0.628. The molecule has 0 spiro atoms. The zero-order valence-corrected chi connectivity index (χ0v) is 8.93. The lowest BCUT2D eigenvalue weighted by atomic mass is 10.4. The Morgan fingerprint density at radius 3 is 2.77 bits per heavy atom. The average Bonchev–Trinajstić information content (AvgIpc) is 2.05. The Labute approximate surface area is 83.6 Å². The lowest BCUT2D eigenvalue weighted by Crippen LogP contribution is -2.32. The molecule has 0 aliphatic rings. The van der Waals surface area contributed by atoms with Crippen LogP contribution in [0.3, 0.4) is 0 Å². The molecule has 0 aromatic heterocycles. The summed E-state index contributed by atoms with van der Waals surface area (Å²) in [7, 11) is 0. The zero-order chi connectivity index (χ0) is 10.3. The van der Waals surface area contributed by atoms with Crippen LogP contribution in [0, 0.1) is 0 Å². The van der Waals surface area contributed by atoms with E-state index in [1.54, 1.807) is 17.8 Å². The fourth-order valence-corrected chi connectivity index (χ4v) is 1.71. The first-order valence-corrected chi connectivity index (χ1v) is 5.27. The molecule has 1 amide bonds. The van der Waals surface area contributed by atoms with Gasteiger partial charge < -0.3 is 10.4 Å². The molecular weight excluding hydrogens is 186 g/mol. The van der Waals surface area contributed by atoms with Gasteiger partial charge in [-0.25, -0.2) is 0 Å². The molecule has 2 N–H and O–H groups in total. The first-order chi connectivity index (χ1) is 6.10. The van der Waals surface area contributed by atoms with Gasteiger partial charge in [-0.1, -0.05) is 6.08 Å². The molecule has 0 fully saturated rings. The van der Waals surface area contributed by atoms with Gasteiger partial charge in [0.25, 0.3) is 0 Å². The molecule has 0 aliphatic heterocycles. The van der Waals surface area contributed by atoms with Crippen LogP contribution in [-0.2, 0) is 4.79 Å². The Kier molecular flexibility index (Phi) is 6.72. The third kappa shape index (κ3) is 6.66. The van der Waals surface area contributed by atoms with Gasteiger partial charge >= 0.3 is 0 Å². The number of aliphatic hydroxyl groups is 1. The van der Waals surface area contributed by atoms with E-state index in [9.17, 15) is 4.79 Å². The summed E-state index contributed by atoms with van der Waals surface area (Å²) in [5.41, 5.74) is 0. The molecule has 3 nitrogen and oxygen atoms in total. The minimum Gasteiger partial charge on any atom is -0.395 e. The number of aliphatic hydroxyl groups excluding tert-OH is 1. The Bertz CT molecular complexity index is 173. The van der Waals surface area contributed by atoms with Crippen molar-refractivity contribution >= 4 is 17.7 Å². The van der Waals surface area contributed by atoms with Crippen molar-refractivity contribution < 1.29 is 9.90 Å². The molecule has 0 rings (SSSR count). The number of carbonyl (C=O) groups excluding carboxylic acids is 1. The number of hydrogen-bond donors (Lipinski definition) is 2. The third-order valence-electron chi connectivity index (χ3n) is 1.45. The maximum atomic E-state index is 10.6. The van der Waals surface area contributed by atoms with Gasteiger partial charge in [0.05, 0.1) is 6.61 Å². The molecule has 13 heavy (non-hydrogen) atoms. The van der Waals surface area contributed by atoms with Gasteiger partial charge in [-0.3, -0.25) is 4.79 Å². The smallest absolute Gasteiger partial charge is 0.217 e. The summed E-state index contributed by atoms with van der Waals surface area (Å²) in [5, 5.41) is 11.7. The number of rotatable bonds is 6. The second-order valence-electron chi connectivity index (χ2n) is 2.89. The van der Waals surface area contributed by atoms with Crippen LogP contribution in [0.5, 0.6) is 0 Å². The maximum absolute atomic E-state index is 10.6. The van der Waals surface area contributed by atoms with E-state index in [0.29, 0.717) is 0 Å². The van der Waals surface area contributed by atoms with Gasteiger partial charge in [0, 0.05) is 24.0 Å². The molecule has 0 bridgehead atoms. The Hall–Kier alpha value is -0.480. The van der Waals surface area contributed by atoms with Crippen molar-refractivity contribution in [3.05, 3.63) is 12.7 Å². The summed E-state index contributed by atoms with van der Waals surface area (Å²) in [6.45, 7) is 7.14. The molecule has 76 valence electrons. The highest BCUT2D eigenvalue weighted by Crippen LogP contribution is 2.12. The largest absolute Gasteiger partial charge is 0.395 e. The van der Waals surface area contributed by atoms with Gasteiger partial charge in [0.15, 0.2) is 0 Å². The second kappa shape index (κ2) is 6.97. The Balaban J connectivity index is 3.61. The number of nitrogens with one attached hydrogen (secondary N) is 1. The second-order valence-corrected chi connectivity index (χ2v) is 4.16. The topological polar surface area (TPSA) is 49.3 Å². The van der Waals surface area contributed by atoms with Crippen molar-refractivity contribution in [2.45, 2.75) is 25.1 Å². The number of hydrogen-bond acceptors (Lipinski definition) is 3. The monoisotopic (exact) mass is 203 g/mol. The normalized spacial score (nSPS) is 14.7. The molecule has 0 aromatic rings. The summed E-state index contributed by atoms with van der Waals surface area (Å²) in [5.74, 6) is 0.767. The summed E-state index contributed by atoms with van der Waals surface area (Å²) >= 11 is 1.59. The molecule has 0 aromatic carbocycles. The van der Waals surface area contributed by atoms with E-state index in [4.69, 9.17) is 5.11 Å². The summed E-state index contributed by atoms with van der Waals surface area (Å²) in [6.07, 6.45) is 1.71. The lowest BCUT2D eigenvalue weighted by molar-refractivity contribution is -0.119. The van der Waals surface area contributed by atoms with Crippen LogP contribution >= 0.6 is 11.8 Å². The lowest BCUT2D eigenvalue weighted by Gasteiger charge is -2.14. The summed E-state index contributed by atoms with van der Waals surface area (Å²) < 4.78 is 0. The fourth-order valence-electron chi connectivity index (χ4n) is 0.852. The fraction of sp³-hybridized carbons (Fsp3) is 0.667. The van der Waals surface area contributed by atoms with Crippen LogP contribution in [0.2, 0.25) is 0 Å². The first-order valence-electron chi connectivity index (χ1n) is 4.22. The van der Waals surface area contributed by atoms with Crippen molar-refractivity contribution in [2.24, 2.45) is 0 Å². The minimum atomic E-state index is -0.0211. The summed E-state index contributed by atoms with van der Waals surface area (Å²) in [4.78, 5) is 10.6. The van der Waals surface area contributed by atoms with Crippen molar-refractivity contribution in [3.8, 4) is 0 Å². The SMILES string of the molecule is C=C[C@H](CO)SC[C@@H](C)NC(C)=O. The molecule has 0 heterocycles. The third-order valence-corrected chi connectivity index (χ3v) is 2.91. The maximum Gasteiger partial charge on any atom is 0.217 e. The molecule has 0 saturated carbocycles. The number of carbonyl (C=O) groups is 1. The molecule has 0 radical (unpaired) electrons. The van der Waals surface area contributed by atoms with E-state index in [1.165, 1.54) is 6.92 Å². The van der Waals surface area contributed by atoms with Gasteiger partial charge in [-0.15, -0.1) is 18.3 Å². The van der Waals surface area contributed by atoms with E-state index < -0.39 is 0 Å². The van der Waals surface area contributed by atoms with Gasteiger partial charge in [0.2, 0.25) is 5.91 Å². The predicted octanol–water partition coefficient (Wildman–Crippen LogP) is 0.791. The molecular formula is C9H17NO2S. The van der Waals surface area contributed by atoms with Crippen LogP contribution in [0.4, 0.5) is 0 Å². The van der Waals surface area contributed by atoms with Crippen molar-refractivity contribution in [2.75, 3.05) is 12.4 Å². The highest BCUT2D eigenvalue weighted by atomic mass is 32.2. The molecule has 0 unspecified atom stereocenters. The van der Waals surface area contributed by atoms with Crippen molar-refractivity contribution in [1.82, 2.24) is 5.32 Å². The molecule has 4 heteroatoms. The number of amides is 1.